The number of benzene rings is 2. The minimum Gasteiger partial charge on any atom is -0.280 e. The first-order chi connectivity index (χ1) is 16.8. The smallest absolute Gasteiger partial charge is 0.0793 e. The first-order valence-corrected chi connectivity index (χ1v) is 11.8. The Morgan fingerprint density at radius 2 is 1.47 bits per heavy atom. The highest BCUT2D eigenvalue weighted by atomic mass is 14.8. The molecule has 0 saturated heterocycles. The minimum atomic E-state index is 0.130. The van der Waals surface area contributed by atoms with Gasteiger partial charge in [-0.1, -0.05) is 78.9 Å². The van der Waals surface area contributed by atoms with Gasteiger partial charge in [-0.05, 0) is 63.9 Å². The van der Waals surface area contributed by atoms with Crippen LogP contribution in [0.1, 0.15) is 34.7 Å². The summed E-state index contributed by atoms with van der Waals surface area (Å²) in [5, 5.41) is 0. The lowest BCUT2D eigenvalue weighted by Gasteiger charge is -2.28. The lowest BCUT2D eigenvalue weighted by molar-refractivity contribution is 0.694. The van der Waals surface area contributed by atoms with Crippen LogP contribution in [0, 0.1) is 5.92 Å². The molecule has 1 aliphatic carbocycles. The van der Waals surface area contributed by atoms with Gasteiger partial charge in [-0.3, -0.25) is 15.0 Å². The number of hydrogen-bond donors (Lipinski definition) is 0. The van der Waals surface area contributed by atoms with Crippen LogP contribution >= 0.6 is 0 Å². The Labute approximate surface area is 200 Å². The highest BCUT2D eigenvalue weighted by Gasteiger charge is 2.26. The van der Waals surface area contributed by atoms with Crippen LogP contribution in [0.5, 0.6) is 0 Å². The van der Waals surface area contributed by atoms with E-state index in [2.05, 4.69) is 88.9 Å². The van der Waals surface area contributed by atoms with Crippen molar-refractivity contribution in [3.63, 3.8) is 0 Å². The fraction of sp³-hybridized carbons (Fsp3) is 0.129. The largest absolute Gasteiger partial charge is 0.280 e. The lowest BCUT2D eigenvalue weighted by Crippen LogP contribution is -2.23. The number of fused-ring (bicyclic) bond motifs is 1. The van der Waals surface area contributed by atoms with Crippen LogP contribution in [-0.2, 0) is 6.42 Å². The van der Waals surface area contributed by atoms with Crippen molar-refractivity contribution in [2.75, 3.05) is 0 Å². The normalized spacial score (nSPS) is 19.2. The summed E-state index contributed by atoms with van der Waals surface area (Å²) in [5.41, 5.74) is 9.83. The number of aliphatic imine (C=N–C) groups is 1. The number of hydrogen-bond acceptors (Lipinski definition) is 3. The summed E-state index contributed by atoms with van der Waals surface area (Å²) < 4.78 is 0. The van der Waals surface area contributed by atoms with Gasteiger partial charge in [-0.2, -0.15) is 0 Å². The monoisotopic (exact) mass is 439 g/mol. The van der Waals surface area contributed by atoms with Crippen LogP contribution in [-0.4, -0.2) is 15.7 Å². The Morgan fingerprint density at radius 3 is 2.18 bits per heavy atom. The summed E-state index contributed by atoms with van der Waals surface area (Å²) in [6, 6.07) is 25.9. The van der Waals surface area contributed by atoms with Gasteiger partial charge in [0, 0.05) is 30.7 Å². The van der Waals surface area contributed by atoms with E-state index in [-0.39, 0.29) is 12.0 Å². The number of pyridine rings is 2. The zero-order valence-corrected chi connectivity index (χ0v) is 18.9. The standard InChI is InChI=1S/C31H25N3/c1-2-8-29-26(5-1)19-30(24-13-9-22(10-14-24)27-6-3-17-32-20-27)34-31(29)25-15-11-23(12-16-25)28-7-4-18-33-21-28/h1-15,17-18,20-21,25,30H,16,19H2. The van der Waals surface area contributed by atoms with E-state index in [9.17, 15) is 0 Å². The van der Waals surface area contributed by atoms with Crippen LogP contribution < -0.4 is 0 Å². The van der Waals surface area contributed by atoms with Gasteiger partial charge in [-0.15, -0.1) is 0 Å². The van der Waals surface area contributed by atoms with Crippen molar-refractivity contribution in [2.24, 2.45) is 10.9 Å². The van der Waals surface area contributed by atoms with E-state index in [4.69, 9.17) is 4.99 Å². The van der Waals surface area contributed by atoms with E-state index < -0.39 is 0 Å². The zero-order chi connectivity index (χ0) is 22.7. The molecule has 0 N–H and O–H groups in total. The van der Waals surface area contributed by atoms with Crippen LogP contribution in [0.15, 0.2) is 121 Å². The van der Waals surface area contributed by atoms with Crippen LogP contribution in [0.4, 0.5) is 0 Å². The average molecular weight is 440 g/mol. The molecule has 2 aliphatic rings. The summed E-state index contributed by atoms with van der Waals surface area (Å²) in [4.78, 5) is 13.8. The summed E-state index contributed by atoms with van der Waals surface area (Å²) in [6.07, 6.45) is 16.2. The minimum absolute atomic E-state index is 0.130. The molecule has 0 fully saturated rings. The van der Waals surface area contributed by atoms with Crippen molar-refractivity contribution in [3.05, 3.63) is 138 Å². The number of allylic oxidation sites excluding steroid dienone is 4. The maximum atomic E-state index is 5.33. The summed E-state index contributed by atoms with van der Waals surface area (Å²) >= 11 is 0. The Bertz CT molecular complexity index is 1380. The Balaban J connectivity index is 1.30. The molecule has 2 aromatic heterocycles. The van der Waals surface area contributed by atoms with Crippen molar-refractivity contribution in [1.82, 2.24) is 9.97 Å². The summed E-state index contributed by atoms with van der Waals surface area (Å²) in [7, 11) is 0. The average Bonchev–Trinajstić information content (AvgIpc) is 2.94. The van der Waals surface area contributed by atoms with Crippen LogP contribution in [0.25, 0.3) is 16.7 Å². The fourth-order valence-electron chi connectivity index (χ4n) is 4.93. The van der Waals surface area contributed by atoms with E-state index in [1.807, 2.05) is 36.9 Å². The first kappa shape index (κ1) is 20.5. The van der Waals surface area contributed by atoms with Crippen molar-refractivity contribution in [2.45, 2.75) is 18.9 Å². The fourth-order valence-corrected chi connectivity index (χ4v) is 4.93. The highest BCUT2D eigenvalue weighted by molar-refractivity contribution is 6.06. The lowest BCUT2D eigenvalue weighted by atomic mass is 9.82. The highest BCUT2D eigenvalue weighted by Crippen LogP contribution is 2.35. The van der Waals surface area contributed by atoms with Gasteiger partial charge in [0.05, 0.1) is 11.8 Å². The van der Waals surface area contributed by atoms with Gasteiger partial charge in [0.25, 0.3) is 0 Å². The Kier molecular flexibility index (Phi) is 5.44. The molecule has 2 atom stereocenters. The third-order valence-electron chi connectivity index (χ3n) is 6.74. The zero-order valence-electron chi connectivity index (χ0n) is 18.9. The second-order valence-electron chi connectivity index (χ2n) is 8.86. The van der Waals surface area contributed by atoms with Crippen molar-refractivity contribution < 1.29 is 0 Å². The molecule has 34 heavy (non-hydrogen) atoms. The third kappa shape index (κ3) is 4.01. The Hall–Kier alpha value is -4.11. The van der Waals surface area contributed by atoms with Gasteiger partial charge in [0.2, 0.25) is 0 Å². The third-order valence-corrected chi connectivity index (χ3v) is 6.74. The van der Waals surface area contributed by atoms with Crippen molar-refractivity contribution in [3.8, 4) is 11.1 Å². The van der Waals surface area contributed by atoms with Crippen LogP contribution in [0.2, 0.25) is 0 Å². The molecule has 0 amide bonds. The quantitative estimate of drug-likeness (QED) is 0.347. The van der Waals surface area contributed by atoms with Gasteiger partial charge in [0.1, 0.15) is 0 Å². The van der Waals surface area contributed by atoms with Gasteiger partial charge in [-0.25, -0.2) is 0 Å². The second-order valence-corrected chi connectivity index (χ2v) is 8.86. The first-order valence-electron chi connectivity index (χ1n) is 11.8. The Morgan fingerprint density at radius 1 is 0.706 bits per heavy atom. The van der Waals surface area contributed by atoms with E-state index >= 15 is 0 Å². The summed E-state index contributed by atoms with van der Waals surface area (Å²) in [5.74, 6) is 0.277. The molecule has 0 bridgehead atoms. The molecule has 2 unspecified atom stereocenters. The molecule has 164 valence electrons. The molecule has 2 aromatic carbocycles. The summed E-state index contributed by atoms with van der Waals surface area (Å²) in [6.45, 7) is 0. The topological polar surface area (TPSA) is 38.1 Å². The van der Waals surface area contributed by atoms with E-state index in [1.165, 1.54) is 33.5 Å². The number of aromatic nitrogens is 2. The maximum absolute atomic E-state index is 5.33. The molecule has 1 aliphatic heterocycles. The molecule has 4 aromatic rings. The number of nitrogens with zero attached hydrogens (tertiary/aromatic N) is 3. The molecule has 3 nitrogen and oxygen atoms in total. The van der Waals surface area contributed by atoms with E-state index in [0.717, 1.165) is 24.0 Å². The molecule has 6 rings (SSSR count). The van der Waals surface area contributed by atoms with Gasteiger partial charge in [0.15, 0.2) is 0 Å². The van der Waals surface area contributed by atoms with Gasteiger partial charge < -0.3 is 0 Å². The molecular weight excluding hydrogens is 414 g/mol. The van der Waals surface area contributed by atoms with Crippen LogP contribution in [0.3, 0.4) is 0 Å². The molecule has 3 heterocycles. The SMILES string of the molecule is C1=CC(C2=NC(c3ccc(-c4cccnc4)cc3)Cc3ccccc32)CC=C1c1cccnc1. The second kappa shape index (κ2) is 9.03. The molecular formula is C31H25N3. The number of rotatable bonds is 4. The predicted octanol–water partition coefficient (Wildman–Crippen LogP) is 6.89. The van der Waals surface area contributed by atoms with E-state index in [0.29, 0.717) is 0 Å². The molecule has 0 radical (unpaired) electrons. The van der Waals surface area contributed by atoms with Crippen molar-refractivity contribution in [1.29, 1.82) is 0 Å². The van der Waals surface area contributed by atoms with Crippen molar-refractivity contribution >= 4 is 11.3 Å². The maximum Gasteiger partial charge on any atom is 0.0793 e. The molecule has 3 heteroatoms. The molecule has 0 saturated carbocycles. The molecule has 0 spiro atoms. The van der Waals surface area contributed by atoms with E-state index in [1.54, 1.807) is 0 Å². The van der Waals surface area contributed by atoms with Gasteiger partial charge >= 0.3 is 0 Å². The predicted molar refractivity (Wildman–Crippen MR) is 139 cm³/mol.